The molecule has 1 N–H and O–H groups in total. The van der Waals surface area contributed by atoms with Crippen molar-refractivity contribution in [1.29, 1.82) is 0 Å². The van der Waals surface area contributed by atoms with Crippen LogP contribution in [0.5, 0.6) is 0 Å². The molecule has 1 amide bonds. The number of aromatic nitrogens is 3. The van der Waals surface area contributed by atoms with Gasteiger partial charge < -0.3 is 5.32 Å². The molecule has 144 valence electrons. The van der Waals surface area contributed by atoms with Crippen molar-refractivity contribution in [2.75, 3.05) is 11.1 Å². The third-order valence-corrected chi connectivity index (χ3v) is 5.16. The van der Waals surface area contributed by atoms with Gasteiger partial charge in [0.05, 0.1) is 16.4 Å². The first kappa shape index (κ1) is 19.8. The van der Waals surface area contributed by atoms with E-state index in [1.807, 2.05) is 42.7 Å². The Balaban J connectivity index is 1.72. The average molecular weight is 418 g/mol. The number of benzene rings is 2. The smallest absolute Gasteiger partial charge is 0.289 e. The van der Waals surface area contributed by atoms with E-state index in [1.54, 1.807) is 0 Å². The van der Waals surface area contributed by atoms with Crippen LogP contribution in [0.25, 0.3) is 5.69 Å². The number of carbonyl (C=O) groups excluding carboxylic acids is 1. The Labute approximate surface area is 170 Å². The maximum absolute atomic E-state index is 12.3. The summed E-state index contributed by atoms with van der Waals surface area (Å²) in [5.41, 5.74) is 2.05. The first-order valence-electron chi connectivity index (χ1n) is 8.21. The van der Waals surface area contributed by atoms with Crippen molar-refractivity contribution in [2.45, 2.75) is 19.0 Å². The Morgan fingerprint density at radius 3 is 2.71 bits per heavy atom. The molecule has 1 heterocycles. The van der Waals surface area contributed by atoms with Gasteiger partial charge in [0.25, 0.3) is 5.69 Å². The minimum atomic E-state index is -0.597. The van der Waals surface area contributed by atoms with E-state index in [-0.39, 0.29) is 22.4 Å². The van der Waals surface area contributed by atoms with Crippen LogP contribution in [0, 0.1) is 24.0 Å². The van der Waals surface area contributed by atoms with Crippen molar-refractivity contribution >= 4 is 40.6 Å². The van der Waals surface area contributed by atoms with Gasteiger partial charge in [-0.05, 0) is 37.6 Å². The molecular weight excluding hydrogens is 402 g/mol. The van der Waals surface area contributed by atoms with E-state index in [4.69, 9.17) is 11.6 Å². The molecule has 0 aliphatic rings. The number of nitrogens with one attached hydrogen (secondary N) is 1. The standard InChI is InChI=1S/C18H16ClN5O3S/c1-11-5-3-4-6-15(11)23-12(2)21-22-18(23)28-10-17(25)20-13-7-8-14(19)16(9-13)24(26)27/h3-9H,10H2,1-2H3,(H,20,25). The lowest BCUT2D eigenvalue weighted by Gasteiger charge is -2.11. The van der Waals surface area contributed by atoms with Crippen LogP contribution in [0.4, 0.5) is 11.4 Å². The molecule has 3 aromatic rings. The highest BCUT2D eigenvalue weighted by atomic mass is 35.5. The molecule has 10 heteroatoms. The van der Waals surface area contributed by atoms with Gasteiger partial charge in [-0.2, -0.15) is 0 Å². The molecule has 0 radical (unpaired) electrons. The fourth-order valence-corrected chi connectivity index (χ4v) is 3.56. The summed E-state index contributed by atoms with van der Waals surface area (Å²) in [4.78, 5) is 22.6. The molecule has 0 fully saturated rings. The molecule has 0 saturated heterocycles. The van der Waals surface area contributed by atoms with Crippen LogP contribution in [0.15, 0.2) is 47.6 Å². The topological polar surface area (TPSA) is 103 Å². The first-order valence-corrected chi connectivity index (χ1v) is 9.58. The Hall–Kier alpha value is -2.91. The Kier molecular flexibility index (Phi) is 5.96. The number of halogens is 1. The molecule has 0 saturated carbocycles. The van der Waals surface area contributed by atoms with Gasteiger partial charge in [-0.25, -0.2) is 0 Å². The van der Waals surface area contributed by atoms with Crippen molar-refractivity contribution in [3.05, 3.63) is 69.0 Å². The second-order valence-corrected chi connectivity index (χ2v) is 7.26. The van der Waals surface area contributed by atoms with Gasteiger partial charge in [0.1, 0.15) is 10.8 Å². The Bertz CT molecular complexity index is 1050. The molecule has 2 aromatic carbocycles. The zero-order chi connectivity index (χ0) is 20.3. The highest BCUT2D eigenvalue weighted by molar-refractivity contribution is 7.99. The number of rotatable bonds is 6. The number of para-hydroxylation sites is 1. The number of carbonyl (C=O) groups is 1. The molecule has 28 heavy (non-hydrogen) atoms. The molecule has 0 spiro atoms. The maximum atomic E-state index is 12.3. The predicted molar refractivity (Wildman–Crippen MR) is 108 cm³/mol. The number of nitrogens with zero attached hydrogens (tertiary/aromatic N) is 4. The largest absolute Gasteiger partial charge is 0.325 e. The van der Waals surface area contributed by atoms with Crippen LogP contribution in [0.3, 0.4) is 0 Å². The molecule has 8 nitrogen and oxygen atoms in total. The summed E-state index contributed by atoms with van der Waals surface area (Å²) in [6.07, 6.45) is 0. The van der Waals surface area contributed by atoms with Crippen LogP contribution >= 0.6 is 23.4 Å². The SMILES string of the molecule is Cc1ccccc1-n1c(C)nnc1SCC(=O)Nc1ccc(Cl)c([N+](=O)[O-])c1. The second-order valence-electron chi connectivity index (χ2n) is 5.91. The summed E-state index contributed by atoms with van der Waals surface area (Å²) in [6, 6.07) is 11.9. The summed E-state index contributed by atoms with van der Waals surface area (Å²) >= 11 is 7.01. The van der Waals surface area contributed by atoms with E-state index in [0.29, 0.717) is 16.7 Å². The van der Waals surface area contributed by atoms with Gasteiger partial charge in [0.15, 0.2) is 5.16 Å². The molecule has 0 atom stereocenters. The average Bonchev–Trinajstić information content (AvgIpc) is 3.02. The number of anilines is 1. The monoisotopic (exact) mass is 417 g/mol. The van der Waals surface area contributed by atoms with Gasteiger partial charge in [0, 0.05) is 11.8 Å². The zero-order valence-corrected chi connectivity index (χ0v) is 16.6. The van der Waals surface area contributed by atoms with Crippen LogP contribution in [-0.2, 0) is 4.79 Å². The minimum Gasteiger partial charge on any atom is -0.325 e. The van der Waals surface area contributed by atoms with E-state index >= 15 is 0 Å². The second kappa shape index (κ2) is 8.41. The van der Waals surface area contributed by atoms with Gasteiger partial charge in [-0.15, -0.1) is 10.2 Å². The summed E-state index contributed by atoms with van der Waals surface area (Å²) < 4.78 is 1.89. The number of thioether (sulfide) groups is 1. The summed E-state index contributed by atoms with van der Waals surface area (Å²) in [5.74, 6) is 0.463. The van der Waals surface area contributed by atoms with Gasteiger partial charge in [-0.3, -0.25) is 19.5 Å². The van der Waals surface area contributed by atoms with Crippen LogP contribution in [0.1, 0.15) is 11.4 Å². The third-order valence-electron chi connectivity index (χ3n) is 3.91. The van der Waals surface area contributed by atoms with Crippen molar-refractivity contribution in [2.24, 2.45) is 0 Å². The number of hydrogen-bond donors (Lipinski definition) is 1. The normalized spacial score (nSPS) is 10.7. The fourth-order valence-electron chi connectivity index (χ4n) is 2.59. The lowest BCUT2D eigenvalue weighted by Crippen LogP contribution is -2.14. The third kappa shape index (κ3) is 4.32. The molecule has 3 rings (SSSR count). The quantitative estimate of drug-likeness (QED) is 0.366. The van der Waals surface area contributed by atoms with Crippen molar-refractivity contribution in [1.82, 2.24) is 14.8 Å². The Morgan fingerprint density at radius 1 is 1.25 bits per heavy atom. The fraction of sp³-hybridized carbons (Fsp3) is 0.167. The number of amides is 1. The summed E-state index contributed by atoms with van der Waals surface area (Å²) in [7, 11) is 0. The molecule has 1 aromatic heterocycles. The van der Waals surface area contributed by atoms with E-state index in [1.165, 1.54) is 30.0 Å². The maximum Gasteiger partial charge on any atom is 0.289 e. The van der Waals surface area contributed by atoms with Crippen molar-refractivity contribution < 1.29 is 9.72 Å². The van der Waals surface area contributed by atoms with E-state index in [0.717, 1.165) is 11.3 Å². The predicted octanol–water partition coefficient (Wildman–Crippen LogP) is 4.18. The number of aryl methyl sites for hydroxylation is 2. The molecular formula is C18H16ClN5O3S. The molecule has 0 aliphatic carbocycles. The molecule has 0 bridgehead atoms. The van der Waals surface area contributed by atoms with E-state index < -0.39 is 4.92 Å². The van der Waals surface area contributed by atoms with Crippen LogP contribution in [0.2, 0.25) is 5.02 Å². The van der Waals surface area contributed by atoms with Crippen LogP contribution < -0.4 is 5.32 Å². The number of nitro groups is 1. The molecule has 0 unspecified atom stereocenters. The van der Waals surface area contributed by atoms with E-state index in [2.05, 4.69) is 15.5 Å². The van der Waals surface area contributed by atoms with Gasteiger partial charge in [0.2, 0.25) is 5.91 Å². The van der Waals surface area contributed by atoms with Crippen molar-refractivity contribution in [3.63, 3.8) is 0 Å². The summed E-state index contributed by atoms with van der Waals surface area (Å²) in [5, 5.41) is 22.4. The lowest BCUT2D eigenvalue weighted by molar-refractivity contribution is -0.384. The zero-order valence-electron chi connectivity index (χ0n) is 15.0. The van der Waals surface area contributed by atoms with Crippen LogP contribution in [-0.4, -0.2) is 31.3 Å². The number of nitro benzene ring substituents is 1. The Morgan fingerprint density at radius 2 is 2.00 bits per heavy atom. The lowest BCUT2D eigenvalue weighted by atomic mass is 10.2. The summed E-state index contributed by atoms with van der Waals surface area (Å²) in [6.45, 7) is 3.83. The highest BCUT2D eigenvalue weighted by Gasteiger charge is 2.16. The highest BCUT2D eigenvalue weighted by Crippen LogP contribution is 2.28. The number of hydrogen-bond acceptors (Lipinski definition) is 6. The van der Waals surface area contributed by atoms with E-state index in [9.17, 15) is 14.9 Å². The van der Waals surface area contributed by atoms with Gasteiger partial charge in [-0.1, -0.05) is 41.6 Å². The van der Waals surface area contributed by atoms with Crippen molar-refractivity contribution in [3.8, 4) is 5.69 Å². The molecule has 0 aliphatic heterocycles. The first-order chi connectivity index (χ1) is 13.4. The van der Waals surface area contributed by atoms with Gasteiger partial charge >= 0.3 is 0 Å². The minimum absolute atomic E-state index is 0.0131.